The normalized spacial score (nSPS) is 12.7. The standard InChI is InChI=1S/C11H14N2O7S/c1-20-8(11(14)15)6-12-7-4-3-5-9(21(2,18)19)10(7)13(16)17/h3-5,8,12H,6H2,1-2H3,(H,14,15). The fourth-order valence-electron chi connectivity index (χ4n) is 1.63. The quantitative estimate of drug-likeness (QED) is 0.548. The average molecular weight is 318 g/mol. The highest BCUT2D eigenvalue weighted by Crippen LogP contribution is 2.31. The Bertz CT molecular complexity index is 657. The number of ether oxygens (including phenoxy) is 1. The van der Waals surface area contributed by atoms with E-state index in [1.54, 1.807) is 0 Å². The average Bonchev–Trinajstić information content (AvgIpc) is 2.37. The van der Waals surface area contributed by atoms with Crippen LogP contribution in [0.5, 0.6) is 0 Å². The van der Waals surface area contributed by atoms with E-state index in [2.05, 4.69) is 10.1 Å². The maximum Gasteiger partial charge on any atom is 0.334 e. The predicted octanol–water partition coefficient (Wildman–Crippen LogP) is 0.510. The molecule has 0 aromatic heterocycles. The minimum atomic E-state index is -3.79. The van der Waals surface area contributed by atoms with Crippen LogP contribution in [0, 0.1) is 10.1 Å². The Morgan fingerprint density at radius 1 is 1.52 bits per heavy atom. The summed E-state index contributed by atoms with van der Waals surface area (Å²) >= 11 is 0. The Morgan fingerprint density at radius 3 is 2.57 bits per heavy atom. The number of anilines is 1. The maximum atomic E-state index is 11.6. The van der Waals surface area contributed by atoms with Crippen molar-refractivity contribution in [3.8, 4) is 0 Å². The molecule has 0 fully saturated rings. The Hall–Kier alpha value is -2.20. The van der Waals surface area contributed by atoms with Crippen LogP contribution in [-0.4, -0.2) is 50.4 Å². The van der Waals surface area contributed by atoms with Gasteiger partial charge in [0.15, 0.2) is 15.9 Å². The smallest absolute Gasteiger partial charge is 0.334 e. The molecule has 1 unspecified atom stereocenters. The SMILES string of the molecule is COC(CNc1cccc(S(C)(=O)=O)c1[N+](=O)[O-])C(=O)O. The van der Waals surface area contributed by atoms with Gasteiger partial charge in [-0.05, 0) is 12.1 Å². The summed E-state index contributed by atoms with van der Waals surface area (Å²) in [7, 11) is -2.61. The molecule has 0 aliphatic carbocycles. The fraction of sp³-hybridized carbons (Fsp3) is 0.364. The molecule has 1 rings (SSSR count). The molecular formula is C11H14N2O7S. The van der Waals surface area contributed by atoms with E-state index in [1.165, 1.54) is 19.2 Å². The van der Waals surface area contributed by atoms with Crippen LogP contribution in [0.15, 0.2) is 23.1 Å². The number of rotatable bonds is 7. The van der Waals surface area contributed by atoms with Gasteiger partial charge in [0.05, 0.1) is 11.5 Å². The highest BCUT2D eigenvalue weighted by atomic mass is 32.2. The van der Waals surface area contributed by atoms with Crippen molar-refractivity contribution in [3.63, 3.8) is 0 Å². The van der Waals surface area contributed by atoms with Crippen molar-refractivity contribution < 1.29 is 28.0 Å². The summed E-state index contributed by atoms with van der Waals surface area (Å²) in [6, 6.07) is 3.74. The molecule has 2 N–H and O–H groups in total. The number of nitro benzene ring substituents is 1. The molecule has 116 valence electrons. The van der Waals surface area contributed by atoms with Gasteiger partial charge >= 0.3 is 11.7 Å². The second-order valence-corrected chi connectivity index (χ2v) is 6.11. The van der Waals surface area contributed by atoms with E-state index in [9.17, 15) is 23.3 Å². The zero-order valence-electron chi connectivity index (χ0n) is 11.3. The summed E-state index contributed by atoms with van der Waals surface area (Å²) in [4.78, 5) is 20.6. The number of nitrogens with zero attached hydrogens (tertiary/aromatic N) is 1. The molecule has 0 heterocycles. The molecule has 0 saturated carbocycles. The molecule has 21 heavy (non-hydrogen) atoms. The first-order valence-electron chi connectivity index (χ1n) is 5.65. The van der Waals surface area contributed by atoms with E-state index in [0.717, 1.165) is 12.3 Å². The molecule has 1 atom stereocenters. The topological polar surface area (TPSA) is 136 Å². The zero-order valence-corrected chi connectivity index (χ0v) is 12.1. The zero-order chi connectivity index (χ0) is 16.2. The highest BCUT2D eigenvalue weighted by Gasteiger charge is 2.27. The van der Waals surface area contributed by atoms with E-state index in [0.29, 0.717) is 0 Å². The first-order chi connectivity index (χ1) is 9.68. The number of benzene rings is 1. The molecule has 10 heteroatoms. The largest absolute Gasteiger partial charge is 0.479 e. The van der Waals surface area contributed by atoms with E-state index < -0.39 is 37.4 Å². The van der Waals surface area contributed by atoms with E-state index in [4.69, 9.17) is 5.11 Å². The van der Waals surface area contributed by atoms with Crippen LogP contribution in [-0.2, 0) is 19.4 Å². The molecule has 0 bridgehead atoms. The van der Waals surface area contributed by atoms with Crippen molar-refractivity contribution >= 4 is 27.2 Å². The van der Waals surface area contributed by atoms with Gasteiger partial charge in [0.2, 0.25) is 0 Å². The number of methoxy groups -OCH3 is 1. The van der Waals surface area contributed by atoms with Crippen LogP contribution >= 0.6 is 0 Å². The van der Waals surface area contributed by atoms with Crippen molar-refractivity contribution in [3.05, 3.63) is 28.3 Å². The monoisotopic (exact) mass is 318 g/mol. The van der Waals surface area contributed by atoms with Crippen LogP contribution in [0.2, 0.25) is 0 Å². The maximum absolute atomic E-state index is 11.6. The lowest BCUT2D eigenvalue weighted by Gasteiger charge is -2.13. The number of nitrogens with one attached hydrogen (secondary N) is 1. The van der Waals surface area contributed by atoms with Crippen LogP contribution in [0.25, 0.3) is 0 Å². The number of sulfone groups is 1. The summed E-state index contributed by atoms with van der Waals surface area (Å²) in [6.07, 6.45) is -0.361. The first kappa shape index (κ1) is 16.9. The van der Waals surface area contributed by atoms with E-state index in [1.807, 2.05) is 0 Å². The van der Waals surface area contributed by atoms with Crippen molar-refractivity contribution in [1.82, 2.24) is 0 Å². The van der Waals surface area contributed by atoms with Crippen LogP contribution < -0.4 is 5.32 Å². The number of aliphatic carboxylic acids is 1. The second kappa shape index (κ2) is 6.50. The molecule has 0 aliphatic rings. The lowest BCUT2D eigenvalue weighted by molar-refractivity contribution is -0.386. The number of hydrogen-bond donors (Lipinski definition) is 2. The number of hydrogen-bond acceptors (Lipinski definition) is 7. The van der Waals surface area contributed by atoms with Gasteiger partial charge < -0.3 is 15.2 Å². The Morgan fingerprint density at radius 2 is 2.14 bits per heavy atom. The van der Waals surface area contributed by atoms with Crippen molar-refractivity contribution in [1.29, 1.82) is 0 Å². The van der Waals surface area contributed by atoms with Crippen molar-refractivity contribution in [2.75, 3.05) is 25.2 Å². The Kier molecular flexibility index (Phi) is 5.22. The summed E-state index contributed by atoms with van der Waals surface area (Å²) in [5.74, 6) is -1.24. The van der Waals surface area contributed by atoms with Gasteiger partial charge in [-0.3, -0.25) is 10.1 Å². The van der Waals surface area contributed by atoms with Gasteiger partial charge in [0.25, 0.3) is 0 Å². The van der Waals surface area contributed by atoms with Crippen molar-refractivity contribution in [2.45, 2.75) is 11.0 Å². The van der Waals surface area contributed by atoms with E-state index >= 15 is 0 Å². The molecule has 0 amide bonds. The fourth-order valence-corrected chi connectivity index (χ4v) is 2.49. The summed E-state index contributed by atoms with van der Waals surface area (Å²) in [5, 5.41) is 22.4. The minimum absolute atomic E-state index is 0.0915. The third-order valence-electron chi connectivity index (χ3n) is 2.62. The molecule has 9 nitrogen and oxygen atoms in total. The highest BCUT2D eigenvalue weighted by molar-refractivity contribution is 7.90. The first-order valence-corrected chi connectivity index (χ1v) is 7.54. The molecule has 1 aromatic rings. The number of carboxylic acid groups (broad SMARTS) is 1. The summed E-state index contributed by atoms with van der Waals surface area (Å²) in [5.41, 5.74) is -0.716. The van der Waals surface area contributed by atoms with Crippen molar-refractivity contribution in [2.24, 2.45) is 0 Å². The number of nitro groups is 1. The molecule has 0 spiro atoms. The summed E-state index contributed by atoms with van der Waals surface area (Å²) in [6.45, 7) is -0.250. The molecule has 1 aromatic carbocycles. The molecule has 0 radical (unpaired) electrons. The molecule has 0 aliphatic heterocycles. The van der Waals surface area contributed by atoms with Crippen LogP contribution in [0.4, 0.5) is 11.4 Å². The summed E-state index contributed by atoms with van der Waals surface area (Å²) < 4.78 is 27.8. The lowest BCUT2D eigenvalue weighted by Crippen LogP contribution is -2.30. The Labute approximate surface area is 120 Å². The van der Waals surface area contributed by atoms with Gasteiger partial charge in [-0.2, -0.15) is 0 Å². The third kappa shape index (κ3) is 4.13. The lowest BCUT2D eigenvalue weighted by atomic mass is 10.2. The van der Waals surface area contributed by atoms with E-state index in [-0.39, 0.29) is 12.2 Å². The van der Waals surface area contributed by atoms with Gasteiger partial charge in [-0.15, -0.1) is 0 Å². The van der Waals surface area contributed by atoms with Crippen LogP contribution in [0.1, 0.15) is 0 Å². The van der Waals surface area contributed by atoms with Gasteiger partial charge in [0, 0.05) is 13.4 Å². The van der Waals surface area contributed by atoms with Gasteiger partial charge in [-0.25, -0.2) is 13.2 Å². The number of carboxylic acids is 1. The Balaban J connectivity index is 3.19. The van der Waals surface area contributed by atoms with Crippen LogP contribution in [0.3, 0.4) is 0 Å². The molecule has 0 saturated heterocycles. The minimum Gasteiger partial charge on any atom is -0.479 e. The predicted molar refractivity (Wildman–Crippen MR) is 73.1 cm³/mol. The second-order valence-electron chi connectivity index (χ2n) is 4.13. The third-order valence-corrected chi connectivity index (χ3v) is 3.75. The van der Waals surface area contributed by atoms with Gasteiger partial charge in [-0.1, -0.05) is 6.07 Å². The number of carbonyl (C=O) groups is 1. The number of para-hydroxylation sites is 1. The molecular weight excluding hydrogens is 304 g/mol. The van der Waals surface area contributed by atoms with Gasteiger partial charge in [0.1, 0.15) is 10.6 Å².